The summed E-state index contributed by atoms with van der Waals surface area (Å²) in [7, 11) is 0. The minimum atomic E-state index is -0.481. The maximum absolute atomic E-state index is 12.9. The van der Waals surface area contributed by atoms with Crippen LogP contribution in [0.15, 0.2) is 53.7 Å². The first-order valence-electron chi connectivity index (χ1n) is 5.79. The molecule has 2 aromatic carbocycles. The second-order valence-corrected chi connectivity index (χ2v) is 3.99. The van der Waals surface area contributed by atoms with Crippen LogP contribution in [-0.2, 0) is 11.4 Å². The van der Waals surface area contributed by atoms with E-state index >= 15 is 0 Å². The van der Waals surface area contributed by atoms with E-state index in [0.717, 1.165) is 0 Å². The highest BCUT2D eigenvalue weighted by Crippen LogP contribution is 2.11. The van der Waals surface area contributed by atoms with Crippen LogP contribution in [0.1, 0.15) is 11.1 Å². The lowest BCUT2D eigenvalue weighted by molar-refractivity contribution is -0.384. The van der Waals surface area contributed by atoms with E-state index in [4.69, 9.17) is 4.84 Å². The van der Waals surface area contributed by atoms with Gasteiger partial charge in [0.2, 0.25) is 0 Å². The molecular weight excluding hydrogens is 263 g/mol. The molecule has 0 aliphatic heterocycles. The zero-order valence-corrected chi connectivity index (χ0v) is 10.4. The largest absolute Gasteiger partial charge is 0.391 e. The maximum Gasteiger partial charge on any atom is 0.270 e. The Hall–Kier alpha value is -2.76. The van der Waals surface area contributed by atoms with Crippen LogP contribution >= 0.6 is 0 Å². The molecule has 20 heavy (non-hydrogen) atoms. The van der Waals surface area contributed by atoms with Crippen LogP contribution in [0, 0.1) is 15.9 Å². The van der Waals surface area contributed by atoms with Gasteiger partial charge in [-0.15, -0.1) is 0 Å². The van der Waals surface area contributed by atoms with Crippen molar-refractivity contribution in [3.05, 3.63) is 75.6 Å². The van der Waals surface area contributed by atoms with Gasteiger partial charge in [0.05, 0.1) is 11.1 Å². The van der Waals surface area contributed by atoms with Crippen LogP contribution in [-0.4, -0.2) is 11.1 Å². The predicted molar refractivity (Wildman–Crippen MR) is 71.9 cm³/mol. The van der Waals surface area contributed by atoms with Crippen LogP contribution in [0.5, 0.6) is 0 Å². The second kappa shape index (κ2) is 6.42. The summed E-state index contributed by atoms with van der Waals surface area (Å²) in [5, 5.41) is 14.3. The Morgan fingerprint density at radius 1 is 1.25 bits per heavy atom. The van der Waals surface area contributed by atoms with Crippen molar-refractivity contribution in [2.45, 2.75) is 6.61 Å². The summed E-state index contributed by atoms with van der Waals surface area (Å²) in [5.41, 5.74) is 1.19. The SMILES string of the molecule is O=[N+]([O-])c1cccc(/C=N\OCc2cccc(F)c2)c1. The number of benzene rings is 2. The highest BCUT2D eigenvalue weighted by Gasteiger charge is 2.03. The van der Waals surface area contributed by atoms with Gasteiger partial charge in [-0.1, -0.05) is 29.4 Å². The van der Waals surface area contributed by atoms with Crippen LogP contribution in [0.4, 0.5) is 10.1 Å². The Kier molecular flexibility index (Phi) is 4.39. The lowest BCUT2D eigenvalue weighted by Crippen LogP contribution is -1.91. The average molecular weight is 274 g/mol. The highest BCUT2D eigenvalue weighted by atomic mass is 19.1. The van der Waals surface area contributed by atoms with Crippen LogP contribution in [0.3, 0.4) is 0 Å². The lowest BCUT2D eigenvalue weighted by atomic mass is 10.2. The third kappa shape index (κ3) is 3.88. The maximum atomic E-state index is 12.9. The average Bonchev–Trinajstić information content (AvgIpc) is 2.44. The van der Waals surface area contributed by atoms with Gasteiger partial charge in [-0.05, 0) is 17.7 Å². The van der Waals surface area contributed by atoms with Gasteiger partial charge in [0.1, 0.15) is 12.4 Å². The van der Waals surface area contributed by atoms with Crippen molar-refractivity contribution in [3.63, 3.8) is 0 Å². The van der Waals surface area contributed by atoms with Gasteiger partial charge in [-0.2, -0.15) is 0 Å². The fourth-order valence-corrected chi connectivity index (χ4v) is 1.56. The molecule has 2 aromatic rings. The molecule has 0 aliphatic carbocycles. The van der Waals surface area contributed by atoms with Crippen LogP contribution in [0.25, 0.3) is 0 Å². The number of nitro groups is 1. The predicted octanol–water partition coefficient (Wildman–Crippen LogP) is 3.28. The number of nitrogens with zero attached hydrogens (tertiary/aromatic N) is 2. The number of oxime groups is 1. The summed E-state index contributed by atoms with van der Waals surface area (Å²) in [6.45, 7) is 0.128. The molecule has 0 radical (unpaired) electrons. The topological polar surface area (TPSA) is 64.7 Å². The standard InChI is InChI=1S/C14H11FN2O3/c15-13-5-1-4-12(7-13)10-20-16-9-11-3-2-6-14(8-11)17(18)19/h1-9H,10H2/b16-9-. The van der Waals surface area contributed by atoms with Gasteiger partial charge in [-0.3, -0.25) is 10.1 Å². The van der Waals surface area contributed by atoms with Crippen molar-refractivity contribution in [2.75, 3.05) is 0 Å². The molecule has 6 heteroatoms. The van der Waals surface area contributed by atoms with Gasteiger partial charge in [0.15, 0.2) is 0 Å². The molecule has 0 aromatic heterocycles. The number of hydrogen-bond acceptors (Lipinski definition) is 4. The molecule has 0 N–H and O–H groups in total. The summed E-state index contributed by atoms with van der Waals surface area (Å²) in [6, 6.07) is 12.0. The minimum Gasteiger partial charge on any atom is -0.391 e. The third-order valence-corrected chi connectivity index (χ3v) is 2.48. The number of rotatable bonds is 5. The molecule has 0 saturated heterocycles. The van der Waals surface area contributed by atoms with Gasteiger partial charge in [0.25, 0.3) is 5.69 Å². The normalized spacial score (nSPS) is 10.7. The number of hydrogen-bond donors (Lipinski definition) is 0. The van der Waals surface area contributed by atoms with E-state index in [2.05, 4.69) is 5.16 Å². The fraction of sp³-hybridized carbons (Fsp3) is 0.0714. The van der Waals surface area contributed by atoms with Crippen LogP contribution < -0.4 is 0 Å². The first-order chi connectivity index (χ1) is 9.65. The van der Waals surface area contributed by atoms with Gasteiger partial charge in [0, 0.05) is 17.7 Å². The summed E-state index contributed by atoms with van der Waals surface area (Å²) >= 11 is 0. The van der Waals surface area contributed by atoms with E-state index < -0.39 is 4.92 Å². The Morgan fingerprint density at radius 2 is 2.05 bits per heavy atom. The lowest BCUT2D eigenvalue weighted by Gasteiger charge is -1.99. The van der Waals surface area contributed by atoms with Crippen molar-refractivity contribution >= 4 is 11.9 Å². The molecular formula is C14H11FN2O3. The minimum absolute atomic E-state index is 0.0147. The summed E-state index contributed by atoms with van der Waals surface area (Å²) < 4.78 is 12.9. The summed E-state index contributed by atoms with van der Waals surface area (Å²) in [4.78, 5) is 15.1. The molecule has 5 nitrogen and oxygen atoms in total. The Morgan fingerprint density at radius 3 is 2.80 bits per heavy atom. The van der Waals surface area contributed by atoms with E-state index in [0.29, 0.717) is 11.1 Å². The van der Waals surface area contributed by atoms with E-state index in [-0.39, 0.29) is 18.1 Å². The molecule has 0 heterocycles. The Balaban J connectivity index is 1.93. The Bertz CT molecular complexity index is 644. The van der Waals surface area contributed by atoms with Crippen molar-refractivity contribution in [1.82, 2.24) is 0 Å². The molecule has 2 rings (SSSR count). The quantitative estimate of drug-likeness (QED) is 0.477. The first kappa shape index (κ1) is 13.7. The molecule has 0 atom stereocenters. The first-order valence-corrected chi connectivity index (χ1v) is 5.79. The zero-order chi connectivity index (χ0) is 14.4. The van der Waals surface area contributed by atoms with Gasteiger partial charge >= 0.3 is 0 Å². The third-order valence-electron chi connectivity index (χ3n) is 2.48. The van der Waals surface area contributed by atoms with Crippen molar-refractivity contribution in [1.29, 1.82) is 0 Å². The van der Waals surface area contributed by atoms with E-state index in [1.165, 1.54) is 30.5 Å². The molecule has 0 amide bonds. The van der Waals surface area contributed by atoms with Gasteiger partial charge < -0.3 is 4.84 Å². The second-order valence-electron chi connectivity index (χ2n) is 3.99. The molecule has 0 bridgehead atoms. The van der Waals surface area contributed by atoms with Crippen LogP contribution in [0.2, 0.25) is 0 Å². The van der Waals surface area contributed by atoms with Gasteiger partial charge in [-0.25, -0.2) is 4.39 Å². The fourth-order valence-electron chi connectivity index (χ4n) is 1.56. The van der Waals surface area contributed by atoms with E-state index in [9.17, 15) is 14.5 Å². The van der Waals surface area contributed by atoms with Crippen molar-refractivity contribution in [2.24, 2.45) is 5.16 Å². The highest BCUT2D eigenvalue weighted by molar-refractivity contribution is 5.80. The molecule has 0 saturated carbocycles. The number of non-ortho nitro benzene ring substituents is 1. The monoisotopic (exact) mass is 274 g/mol. The molecule has 102 valence electrons. The van der Waals surface area contributed by atoms with Crippen molar-refractivity contribution in [3.8, 4) is 0 Å². The Labute approximate surface area is 114 Å². The number of nitro benzene ring substituents is 1. The van der Waals surface area contributed by atoms with E-state index in [1.807, 2.05) is 0 Å². The molecule has 0 unspecified atom stereocenters. The molecule has 0 aliphatic rings. The summed E-state index contributed by atoms with van der Waals surface area (Å²) in [5.74, 6) is -0.339. The zero-order valence-electron chi connectivity index (χ0n) is 10.4. The smallest absolute Gasteiger partial charge is 0.270 e. The van der Waals surface area contributed by atoms with E-state index in [1.54, 1.807) is 24.3 Å². The van der Waals surface area contributed by atoms with Crippen molar-refractivity contribution < 1.29 is 14.2 Å². The molecule has 0 spiro atoms. The summed E-state index contributed by atoms with van der Waals surface area (Å²) in [6.07, 6.45) is 1.37. The molecule has 0 fully saturated rings. The number of halogens is 1.